The first-order valence-corrected chi connectivity index (χ1v) is 5.99. The Labute approximate surface area is 112 Å². The molecule has 5 N–H and O–H groups in total. The fourth-order valence-corrected chi connectivity index (χ4v) is 1.51. The van der Waals surface area contributed by atoms with Crippen molar-refractivity contribution < 1.29 is 20.1 Å². The van der Waals surface area contributed by atoms with Crippen LogP contribution in [0, 0.1) is 6.92 Å². The van der Waals surface area contributed by atoms with Crippen LogP contribution in [0.2, 0.25) is 0 Å². The predicted octanol–water partition coefficient (Wildman–Crippen LogP) is -0.761. The normalized spacial score (nSPS) is 11.4. The van der Waals surface area contributed by atoms with Crippen molar-refractivity contribution in [2.75, 3.05) is 31.7 Å². The highest BCUT2D eigenvalue weighted by molar-refractivity contribution is 5.92. The van der Waals surface area contributed by atoms with Crippen LogP contribution in [0.15, 0.2) is 24.3 Å². The van der Waals surface area contributed by atoms with Crippen LogP contribution in [-0.2, 0) is 4.79 Å². The van der Waals surface area contributed by atoms with Crippen LogP contribution < -0.4 is 10.6 Å². The van der Waals surface area contributed by atoms with Crippen molar-refractivity contribution in [1.29, 1.82) is 0 Å². The lowest BCUT2D eigenvalue weighted by Crippen LogP contribution is -2.56. The Balaban J connectivity index is 2.52. The molecule has 0 aliphatic rings. The third kappa shape index (κ3) is 4.60. The summed E-state index contributed by atoms with van der Waals surface area (Å²) >= 11 is 0. The van der Waals surface area contributed by atoms with Crippen molar-refractivity contribution in [2.24, 2.45) is 0 Å². The van der Waals surface area contributed by atoms with Gasteiger partial charge in [0.1, 0.15) is 0 Å². The maximum atomic E-state index is 11.7. The van der Waals surface area contributed by atoms with Crippen molar-refractivity contribution in [3.8, 4) is 0 Å². The molecule has 0 saturated carbocycles. The van der Waals surface area contributed by atoms with E-state index in [1.807, 2.05) is 25.1 Å². The summed E-state index contributed by atoms with van der Waals surface area (Å²) in [6.45, 7) is 0.422. The molecule has 0 bridgehead atoms. The largest absolute Gasteiger partial charge is 0.394 e. The van der Waals surface area contributed by atoms with E-state index in [4.69, 9.17) is 15.3 Å². The number of aliphatic hydroxyl groups is 3. The van der Waals surface area contributed by atoms with Gasteiger partial charge >= 0.3 is 0 Å². The van der Waals surface area contributed by atoms with Crippen molar-refractivity contribution in [2.45, 2.75) is 12.5 Å². The van der Waals surface area contributed by atoms with Gasteiger partial charge < -0.3 is 20.6 Å². The number of rotatable bonds is 7. The summed E-state index contributed by atoms with van der Waals surface area (Å²) in [5.74, 6) is -0.315. The van der Waals surface area contributed by atoms with Gasteiger partial charge in [0.15, 0.2) is 0 Å². The molecule has 0 fully saturated rings. The molecule has 0 aliphatic carbocycles. The lowest BCUT2D eigenvalue weighted by molar-refractivity contribution is -0.116. The van der Waals surface area contributed by atoms with Crippen LogP contribution in [0.3, 0.4) is 0 Å². The molecule has 0 saturated heterocycles. The number of nitrogens with one attached hydrogen (secondary N) is 2. The van der Waals surface area contributed by atoms with Crippen LogP contribution in [0.1, 0.15) is 5.56 Å². The lowest BCUT2D eigenvalue weighted by Gasteiger charge is -2.28. The second kappa shape index (κ2) is 7.20. The molecule has 19 heavy (non-hydrogen) atoms. The van der Waals surface area contributed by atoms with E-state index in [0.717, 1.165) is 5.56 Å². The fourth-order valence-electron chi connectivity index (χ4n) is 1.51. The summed E-state index contributed by atoms with van der Waals surface area (Å²) in [6, 6.07) is 7.34. The number of hydrogen-bond acceptors (Lipinski definition) is 5. The fraction of sp³-hybridized carbons (Fsp3) is 0.462. The number of hydrogen-bond donors (Lipinski definition) is 5. The molecule has 0 radical (unpaired) electrons. The topological polar surface area (TPSA) is 102 Å². The minimum atomic E-state index is -1.25. The first-order valence-electron chi connectivity index (χ1n) is 5.99. The molecule has 1 aromatic carbocycles. The smallest absolute Gasteiger partial charge is 0.238 e. The Morgan fingerprint density at radius 2 is 1.84 bits per heavy atom. The van der Waals surface area contributed by atoms with Crippen molar-refractivity contribution in [3.63, 3.8) is 0 Å². The highest BCUT2D eigenvalue weighted by Crippen LogP contribution is 2.09. The van der Waals surface area contributed by atoms with Crippen molar-refractivity contribution in [3.05, 3.63) is 29.8 Å². The lowest BCUT2D eigenvalue weighted by atomic mass is 10.0. The van der Waals surface area contributed by atoms with Gasteiger partial charge in [-0.25, -0.2) is 0 Å². The van der Waals surface area contributed by atoms with Crippen LogP contribution in [-0.4, -0.2) is 53.1 Å². The summed E-state index contributed by atoms with van der Waals surface area (Å²) in [5.41, 5.74) is 0.458. The standard InChI is InChI=1S/C13H20N2O4/c1-10-3-2-4-11(5-10)15-12(19)6-14-13(7-16,8-17)9-18/h2-5,14,16-18H,6-9H2,1H3,(H,15,19). The minimum Gasteiger partial charge on any atom is -0.394 e. The van der Waals surface area contributed by atoms with Gasteiger partial charge in [-0.3, -0.25) is 10.1 Å². The molecule has 0 aromatic heterocycles. The third-order valence-corrected chi connectivity index (χ3v) is 2.83. The zero-order valence-corrected chi connectivity index (χ0v) is 10.9. The summed E-state index contributed by atoms with van der Waals surface area (Å²) < 4.78 is 0. The number of amides is 1. The SMILES string of the molecule is Cc1cccc(NC(=O)CNC(CO)(CO)CO)c1. The molecular weight excluding hydrogens is 248 g/mol. The Morgan fingerprint density at radius 1 is 1.21 bits per heavy atom. The summed E-state index contributed by atoms with van der Waals surface area (Å²) in [4.78, 5) is 11.7. The third-order valence-electron chi connectivity index (χ3n) is 2.83. The highest BCUT2D eigenvalue weighted by atomic mass is 16.3. The first kappa shape index (κ1) is 15.6. The van der Waals surface area contributed by atoms with Gasteiger partial charge in [-0.1, -0.05) is 12.1 Å². The molecule has 0 aliphatic heterocycles. The van der Waals surface area contributed by atoms with E-state index in [1.54, 1.807) is 6.07 Å². The summed E-state index contributed by atoms with van der Waals surface area (Å²) in [7, 11) is 0. The summed E-state index contributed by atoms with van der Waals surface area (Å²) in [5, 5.41) is 32.6. The van der Waals surface area contributed by atoms with Crippen molar-refractivity contribution >= 4 is 11.6 Å². The number of anilines is 1. The molecule has 0 heterocycles. The average molecular weight is 268 g/mol. The van der Waals surface area contributed by atoms with E-state index in [-0.39, 0.29) is 12.5 Å². The highest BCUT2D eigenvalue weighted by Gasteiger charge is 2.27. The van der Waals surface area contributed by atoms with Crippen molar-refractivity contribution in [1.82, 2.24) is 5.32 Å². The van der Waals surface area contributed by atoms with Gasteiger partial charge in [0.2, 0.25) is 5.91 Å². The minimum absolute atomic E-state index is 0.115. The quantitative estimate of drug-likeness (QED) is 0.447. The second-order valence-electron chi connectivity index (χ2n) is 4.53. The maximum Gasteiger partial charge on any atom is 0.238 e. The van der Waals surface area contributed by atoms with Gasteiger partial charge in [-0.2, -0.15) is 0 Å². The Morgan fingerprint density at radius 3 is 2.37 bits per heavy atom. The summed E-state index contributed by atoms with van der Waals surface area (Å²) in [6.07, 6.45) is 0. The second-order valence-corrected chi connectivity index (χ2v) is 4.53. The molecule has 1 aromatic rings. The van der Waals surface area contributed by atoms with E-state index < -0.39 is 25.4 Å². The Kier molecular flexibility index (Phi) is 5.91. The Hall–Kier alpha value is -1.47. The molecule has 0 spiro atoms. The molecule has 1 amide bonds. The number of carbonyl (C=O) groups is 1. The van der Waals surface area contributed by atoms with Gasteiger partial charge in [0.25, 0.3) is 0 Å². The van der Waals surface area contributed by atoms with E-state index in [0.29, 0.717) is 5.69 Å². The number of carbonyl (C=O) groups excluding carboxylic acids is 1. The molecule has 0 unspecified atom stereocenters. The zero-order valence-electron chi connectivity index (χ0n) is 10.9. The molecule has 6 heteroatoms. The molecule has 0 atom stereocenters. The van der Waals surface area contributed by atoms with E-state index in [1.165, 1.54) is 0 Å². The van der Waals surface area contributed by atoms with Crippen LogP contribution in [0.4, 0.5) is 5.69 Å². The number of aliphatic hydroxyl groups excluding tert-OH is 3. The average Bonchev–Trinajstić information content (AvgIpc) is 2.41. The predicted molar refractivity (Wildman–Crippen MR) is 71.8 cm³/mol. The van der Waals surface area contributed by atoms with Gasteiger partial charge in [-0.15, -0.1) is 0 Å². The number of benzene rings is 1. The van der Waals surface area contributed by atoms with Gasteiger partial charge in [0.05, 0.1) is 31.9 Å². The molecular formula is C13H20N2O4. The molecule has 106 valence electrons. The zero-order chi connectivity index (χ0) is 14.3. The van der Waals surface area contributed by atoms with E-state index in [2.05, 4.69) is 10.6 Å². The first-order chi connectivity index (χ1) is 9.05. The Bertz CT molecular complexity index is 411. The van der Waals surface area contributed by atoms with Crippen LogP contribution in [0.25, 0.3) is 0 Å². The van der Waals surface area contributed by atoms with Crippen LogP contribution >= 0.6 is 0 Å². The maximum absolute atomic E-state index is 11.7. The van der Waals surface area contributed by atoms with E-state index >= 15 is 0 Å². The monoisotopic (exact) mass is 268 g/mol. The van der Waals surface area contributed by atoms with E-state index in [9.17, 15) is 4.79 Å². The molecule has 1 rings (SSSR count). The van der Waals surface area contributed by atoms with Gasteiger partial charge in [-0.05, 0) is 24.6 Å². The number of aryl methyl sites for hydroxylation is 1. The van der Waals surface area contributed by atoms with Crippen LogP contribution in [0.5, 0.6) is 0 Å². The molecule has 6 nitrogen and oxygen atoms in total. The van der Waals surface area contributed by atoms with Gasteiger partial charge in [0, 0.05) is 5.69 Å².